The van der Waals surface area contributed by atoms with Crippen LogP contribution in [0.4, 0.5) is 39.8 Å². The fourth-order valence-corrected chi connectivity index (χ4v) is 21.0. The van der Waals surface area contributed by atoms with E-state index in [4.69, 9.17) is 0 Å². The zero-order valence-corrected chi connectivity index (χ0v) is 41.5. The van der Waals surface area contributed by atoms with Gasteiger partial charge in [0, 0.05) is 45.0 Å². The first-order valence-corrected chi connectivity index (χ1v) is 27.6. The minimum absolute atomic E-state index is 0.0171. The first-order valence-electron chi connectivity index (χ1n) is 25.6. The molecule has 5 aliphatic heterocycles. The van der Waals surface area contributed by atoms with Gasteiger partial charge in [0.1, 0.15) is 0 Å². The molecule has 5 heterocycles. The minimum Gasteiger partial charge on any atom is -0.335 e. The average Bonchev–Trinajstić information content (AvgIpc) is 3.69. The van der Waals surface area contributed by atoms with Crippen LogP contribution in [0.1, 0.15) is 117 Å². The maximum Gasteiger partial charge on any atom is 0.252 e. The Balaban J connectivity index is 1.12. The summed E-state index contributed by atoms with van der Waals surface area (Å²) in [5.41, 5.74) is 18.9. The van der Waals surface area contributed by atoms with Crippen LogP contribution >= 0.6 is 0 Å². The molecule has 7 aliphatic rings. The quantitative estimate of drug-likeness (QED) is 0.164. The minimum atomic E-state index is -2.79. The van der Waals surface area contributed by atoms with Gasteiger partial charge in [0.15, 0.2) is 8.07 Å². The van der Waals surface area contributed by atoms with Gasteiger partial charge in [-0.1, -0.05) is 188 Å². The van der Waals surface area contributed by atoms with Crippen LogP contribution in [0.25, 0.3) is 0 Å². The van der Waals surface area contributed by atoms with E-state index >= 15 is 0 Å². The van der Waals surface area contributed by atoms with Crippen molar-refractivity contribution in [3.63, 3.8) is 0 Å². The molecule has 332 valence electrons. The van der Waals surface area contributed by atoms with Crippen molar-refractivity contribution in [2.75, 3.05) is 14.7 Å². The summed E-state index contributed by atoms with van der Waals surface area (Å²) in [6.07, 6.45) is 9.90. The highest BCUT2D eigenvalue weighted by Crippen LogP contribution is 2.65. The second-order valence-corrected chi connectivity index (χ2v) is 27.2. The zero-order chi connectivity index (χ0) is 45.5. The van der Waals surface area contributed by atoms with E-state index in [0.717, 1.165) is 0 Å². The second-order valence-electron chi connectivity index (χ2n) is 23.4. The number of rotatable bonds is 3. The lowest BCUT2D eigenvalue weighted by Crippen LogP contribution is -2.77. The molecule has 5 heteroatoms. The fraction of sp³-hybridized carbons (Fsp3) is 0.323. The molecule has 0 spiro atoms. The molecule has 0 N–H and O–H groups in total. The molecule has 67 heavy (non-hydrogen) atoms. The molecule has 2 fully saturated rings. The third kappa shape index (κ3) is 4.71. The molecule has 0 bridgehead atoms. The number of hydrogen-bond acceptors (Lipinski definition) is 3. The normalized spacial score (nSPS) is 26.5. The summed E-state index contributed by atoms with van der Waals surface area (Å²) in [7, 11) is -2.79. The summed E-state index contributed by atoms with van der Waals surface area (Å²) < 4.78 is 0. The van der Waals surface area contributed by atoms with E-state index in [1.807, 2.05) is 0 Å². The maximum atomic E-state index is 2.96. The fourth-order valence-electron chi connectivity index (χ4n) is 15.9. The lowest BCUT2D eigenvalue weighted by Gasteiger charge is -2.55. The van der Waals surface area contributed by atoms with Gasteiger partial charge in [-0.2, -0.15) is 0 Å². The van der Waals surface area contributed by atoms with Gasteiger partial charge in [-0.05, 0) is 123 Å². The SMILES string of the molecule is CC(C)(C)c1cc2c3c(c1)C1(C)CCCCC1(C)N3c1cc(N3c4ccccc4[Si](c4ccccc4)(c4ccccc4)c4ccccc43)cc3c1B2c1cccc2c1N3C1(C)CCCCC21C. The molecule has 4 unspecified atom stereocenters. The van der Waals surface area contributed by atoms with E-state index in [1.54, 1.807) is 11.1 Å². The van der Waals surface area contributed by atoms with Crippen molar-refractivity contribution in [2.24, 2.45) is 0 Å². The number of para-hydroxylation sites is 3. The van der Waals surface area contributed by atoms with Crippen molar-refractivity contribution in [1.29, 1.82) is 0 Å². The second kappa shape index (κ2) is 13.3. The number of fused-ring (bicyclic) bond motifs is 12. The summed E-state index contributed by atoms with van der Waals surface area (Å²) in [6, 6.07) is 60.2. The largest absolute Gasteiger partial charge is 0.335 e. The molecular weight excluding hydrogens is 826 g/mol. The summed E-state index contributed by atoms with van der Waals surface area (Å²) in [6.45, 7) is 18.0. The number of nitrogens with zero attached hydrogens (tertiary/aromatic N) is 3. The lowest BCUT2D eigenvalue weighted by atomic mass is 9.33. The Hall–Kier alpha value is -5.78. The van der Waals surface area contributed by atoms with Crippen molar-refractivity contribution < 1.29 is 0 Å². The summed E-state index contributed by atoms with van der Waals surface area (Å²) in [4.78, 5) is 8.61. The zero-order valence-electron chi connectivity index (χ0n) is 40.5. The molecule has 0 radical (unpaired) electrons. The van der Waals surface area contributed by atoms with E-state index in [0.29, 0.717) is 0 Å². The Morgan fingerprint density at radius 1 is 0.478 bits per heavy atom. The number of hydrogen-bond donors (Lipinski definition) is 0. The lowest BCUT2D eigenvalue weighted by molar-refractivity contribution is 0.194. The van der Waals surface area contributed by atoms with Crippen molar-refractivity contribution in [3.8, 4) is 0 Å². The Bertz CT molecular complexity index is 3140. The van der Waals surface area contributed by atoms with Crippen LogP contribution in [0.15, 0.2) is 152 Å². The standard InChI is InChI=1S/C62H62BN3Si/c1-58(2,3)41-37-46-57-48(38-41)63-47-28-22-27-45-56(47)65(61(6)35-20-18-33-59(45,61)4)51-39-42(40-52(55(51)63)66(57)62(7)36-21-19-34-60(46,62)5)64-49-29-14-16-31-53(49)67(43-23-10-8-11-24-43,44-25-12-9-13-26-44)54-32-17-15-30-50(54)64/h8-17,22-32,37-40H,18-21,33-36H2,1-7H3. The molecule has 0 saturated heterocycles. The molecule has 0 amide bonds. The van der Waals surface area contributed by atoms with Crippen molar-refractivity contribution in [2.45, 2.75) is 127 Å². The van der Waals surface area contributed by atoms with Crippen LogP contribution in [-0.2, 0) is 16.2 Å². The van der Waals surface area contributed by atoms with Crippen molar-refractivity contribution in [1.82, 2.24) is 0 Å². The predicted octanol–water partition coefficient (Wildman–Crippen LogP) is 10.8. The third-order valence-corrected chi connectivity index (χ3v) is 24.4. The van der Waals surface area contributed by atoms with Gasteiger partial charge in [0.25, 0.3) is 6.71 Å². The molecule has 14 rings (SSSR count). The highest BCUT2D eigenvalue weighted by atomic mass is 28.3. The molecule has 7 aromatic rings. The van der Waals surface area contributed by atoms with Gasteiger partial charge >= 0.3 is 0 Å². The Kier molecular flexibility index (Phi) is 7.97. The van der Waals surface area contributed by atoms with Crippen LogP contribution in [-0.4, -0.2) is 25.9 Å². The van der Waals surface area contributed by atoms with Gasteiger partial charge in [0.2, 0.25) is 0 Å². The van der Waals surface area contributed by atoms with Gasteiger partial charge in [-0.3, -0.25) is 0 Å². The molecule has 3 nitrogen and oxygen atoms in total. The Morgan fingerprint density at radius 2 is 0.970 bits per heavy atom. The van der Waals surface area contributed by atoms with Crippen LogP contribution in [0, 0.1) is 0 Å². The van der Waals surface area contributed by atoms with E-state index < -0.39 is 8.07 Å². The molecular formula is C62H62BN3Si. The van der Waals surface area contributed by atoms with E-state index in [2.05, 4.69) is 215 Å². The average molecular weight is 888 g/mol. The van der Waals surface area contributed by atoms with Gasteiger partial charge in [0.05, 0.1) is 16.8 Å². The van der Waals surface area contributed by atoms with E-state index in [9.17, 15) is 0 Å². The number of benzene rings is 7. The summed E-state index contributed by atoms with van der Waals surface area (Å²) >= 11 is 0. The molecule has 4 atom stereocenters. The first kappa shape index (κ1) is 40.3. The molecule has 2 saturated carbocycles. The van der Waals surface area contributed by atoms with Gasteiger partial charge in [-0.15, -0.1) is 0 Å². The first-order chi connectivity index (χ1) is 32.4. The Labute approximate surface area is 400 Å². The van der Waals surface area contributed by atoms with Crippen LogP contribution in [0.3, 0.4) is 0 Å². The molecule has 0 aromatic heterocycles. The maximum absolute atomic E-state index is 2.96. The van der Waals surface area contributed by atoms with Crippen LogP contribution < -0.4 is 51.8 Å². The van der Waals surface area contributed by atoms with Crippen LogP contribution in [0.5, 0.6) is 0 Å². The van der Waals surface area contributed by atoms with E-state index in [-0.39, 0.29) is 34.0 Å². The van der Waals surface area contributed by atoms with Crippen LogP contribution in [0.2, 0.25) is 0 Å². The van der Waals surface area contributed by atoms with E-state index in [1.165, 1.54) is 134 Å². The van der Waals surface area contributed by atoms with Gasteiger partial charge in [-0.25, -0.2) is 0 Å². The Morgan fingerprint density at radius 3 is 1.52 bits per heavy atom. The van der Waals surface area contributed by atoms with Crippen molar-refractivity contribution in [3.05, 3.63) is 168 Å². The smallest absolute Gasteiger partial charge is 0.252 e. The van der Waals surface area contributed by atoms with Gasteiger partial charge < -0.3 is 14.7 Å². The molecule has 2 aliphatic carbocycles. The highest BCUT2D eigenvalue weighted by molar-refractivity contribution is 7.21. The monoisotopic (exact) mass is 887 g/mol. The highest BCUT2D eigenvalue weighted by Gasteiger charge is 2.65. The number of anilines is 7. The van der Waals surface area contributed by atoms with Crippen molar-refractivity contribution >= 4 is 91.7 Å². The molecule has 7 aromatic carbocycles. The predicted molar refractivity (Wildman–Crippen MR) is 287 cm³/mol. The summed E-state index contributed by atoms with van der Waals surface area (Å²) in [5.74, 6) is 0. The summed E-state index contributed by atoms with van der Waals surface area (Å²) in [5, 5.41) is 5.75. The topological polar surface area (TPSA) is 9.72 Å². The third-order valence-electron chi connectivity index (χ3n) is 19.5.